The minimum atomic E-state index is 0.828. The predicted octanol–water partition coefficient (Wildman–Crippen LogP) is 3.33. The molecule has 17 heavy (non-hydrogen) atoms. The zero-order valence-electron chi connectivity index (χ0n) is 10.4. The second-order valence-electron chi connectivity index (χ2n) is 4.03. The molecule has 0 atom stereocenters. The Balaban J connectivity index is 2.09. The van der Waals surface area contributed by atoms with Crippen LogP contribution in [-0.4, -0.2) is 9.97 Å². The standard InChI is InChI=1S/C13H17N3S/c1-4-11-7-13(16-10(3)15-11)14-8-12-9(2)5-6-17-12/h5-7H,4,8H2,1-3H3,(H,14,15,16). The van der Waals surface area contributed by atoms with Crippen LogP contribution in [0.2, 0.25) is 0 Å². The first-order valence-corrected chi connectivity index (χ1v) is 6.68. The van der Waals surface area contributed by atoms with E-state index in [0.717, 1.165) is 30.3 Å². The molecule has 90 valence electrons. The Morgan fingerprint density at radius 1 is 1.29 bits per heavy atom. The molecule has 0 saturated carbocycles. The molecular weight excluding hydrogens is 230 g/mol. The van der Waals surface area contributed by atoms with Crippen molar-refractivity contribution in [2.45, 2.75) is 33.7 Å². The average Bonchev–Trinajstić information content (AvgIpc) is 2.71. The van der Waals surface area contributed by atoms with Crippen LogP contribution in [0.5, 0.6) is 0 Å². The van der Waals surface area contributed by atoms with E-state index in [9.17, 15) is 0 Å². The summed E-state index contributed by atoms with van der Waals surface area (Å²) in [5, 5.41) is 5.48. The summed E-state index contributed by atoms with van der Waals surface area (Å²) in [5.41, 5.74) is 2.42. The van der Waals surface area contributed by atoms with Crippen LogP contribution in [0.3, 0.4) is 0 Å². The van der Waals surface area contributed by atoms with Crippen LogP contribution in [0.15, 0.2) is 17.5 Å². The fourth-order valence-electron chi connectivity index (χ4n) is 1.66. The van der Waals surface area contributed by atoms with Gasteiger partial charge in [0.05, 0.1) is 6.54 Å². The molecule has 2 heterocycles. The van der Waals surface area contributed by atoms with Crippen molar-refractivity contribution in [1.29, 1.82) is 0 Å². The largest absolute Gasteiger partial charge is 0.365 e. The number of aryl methyl sites for hydroxylation is 3. The fourth-order valence-corrected chi connectivity index (χ4v) is 2.50. The van der Waals surface area contributed by atoms with E-state index in [4.69, 9.17) is 0 Å². The zero-order chi connectivity index (χ0) is 12.3. The molecular formula is C13H17N3S. The molecule has 0 saturated heterocycles. The molecule has 2 aromatic rings. The number of nitrogens with one attached hydrogen (secondary N) is 1. The summed E-state index contributed by atoms with van der Waals surface area (Å²) < 4.78 is 0. The maximum absolute atomic E-state index is 4.39. The third-order valence-electron chi connectivity index (χ3n) is 2.65. The van der Waals surface area contributed by atoms with Gasteiger partial charge < -0.3 is 5.32 Å². The van der Waals surface area contributed by atoms with Gasteiger partial charge in [0.25, 0.3) is 0 Å². The van der Waals surface area contributed by atoms with Crippen molar-refractivity contribution in [1.82, 2.24) is 9.97 Å². The number of aromatic nitrogens is 2. The number of rotatable bonds is 4. The van der Waals surface area contributed by atoms with Crippen LogP contribution < -0.4 is 5.32 Å². The van der Waals surface area contributed by atoms with Gasteiger partial charge in [-0.15, -0.1) is 11.3 Å². The summed E-state index contributed by atoms with van der Waals surface area (Å²) in [6, 6.07) is 4.17. The summed E-state index contributed by atoms with van der Waals surface area (Å²) in [7, 11) is 0. The van der Waals surface area contributed by atoms with E-state index in [1.165, 1.54) is 10.4 Å². The van der Waals surface area contributed by atoms with Crippen molar-refractivity contribution >= 4 is 17.2 Å². The van der Waals surface area contributed by atoms with Gasteiger partial charge in [-0.3, -0.25) is 0 Å². The summed E-state index contributed by atoms with van der Waals surface area (Å²) in [6.07, 6.45) is 0.941. The number of thiophene rings is 1. The maximum Gasteiger partial charge on any atom is 0.130 e. The van der Waals surface area contributed by atoms with Crippen molar-refractivity contribution in [2.75, 3.05) is 5.32 Å². The molecule has 1 N–H and O–H groups in total. The lowest BCUT2D eigenvalue weighted by molar-refractivity contribution is 0.942. The first kappa shape index (κ1) is 12.0. The lowest BCUT2D eigenvalue weighted by Crippen LogP contribution is -2.04. The molecule has 0 amide bonds. The number of hydrogen-bond donors (Lipinski definition) is 1. The molecule has 0 aliphatic rings. The third kappa shape index (κ3) is 3.03. The number of hydrogen-bond acceptors (Lipinski definition) is 4. The molecule has 4 heteroatoms. The third-order valence-corrected chi connectivity index (χ3v) is 3.67. The Labute approximate surface area is 106 Å². The summed E-state index contributed by atoms with van der Waals surface area (Å²) in [6.45, 7) is 7.01. The first-order valence-electron chi connectivity index (χ1n) is 5.80. The van der Waals surface area contributed by atoms with Crippen LogP contribution in [0.25, 0.3) is 0 Å². The second-order valence-corrected chi connectivity index (χ2v) is 5.03. The smallest absolute Gasteiger partial charge is 0.130 e. The van der Waals surface area contributed by atoms with Crippen LogP contribution in [0, 0.1) is 13.8 Å². The average molecular weight is 247 g/mol. The van der Waals surface area contributed by atoms with E-state index in [0.29, 0.717) is 0 Å². The SMILES string of the molecule is CCc1cc(NCc2sccc2C)nc(C)n1. The van der Waals surface area contributed by atoms with Gasteiger partial charge in [-0.2, -0.15) is 0 Å². The molecule has 3 nitrogen and oxygen atoms in total. The Hall–Kier alpha value is -1.42. The minimum absolute atomic E-state index is 0.828. The highest BCUT2D eigenvalue weighted by Crippen LogP contribution is 2.17. The predicted molar refractivity (Wildman–Crippen MR) is 72.5 cm³/mol. The van der Waals surface area contributed by atoms with Crippen molar-refractivity contribution in [2.24, 2.45) is 0 Å². The molecule has 0 radical (unpaired) electrons. The van der Waals surface area contributed by atoms with E-state index in [2.05, 4.69) is 40.6 Å². The Morgan fingerprint density at radius 2 is 2.12 bits per heavy atom. The molecule has 0 bridgehead atoms. The van der Waals surface area contributed by atoms with Crippen LogP contribution in [0.1, 0.15) is 28.9 Å². The molecule has 0 unspecified atom stereocenters. The van der Waals surface area contributed by atoms with Crippen molar-refractivity contribution < 1.29 is 0 Å². The van der Waals surface area contributed by atoms with E-state index in [-0.39, 0.29) is 0 Å². The summed E-state index contributed by atoms with van der Waals surface area (Å²) in [5.74, 6) is 1.75. The highest BCUT2D eigenvalue weighted by atomic mass is 32.1. The molecule has 0 aromatic carbocycles. The van der Waals surface area contributed by atoms with Crippen molar-refractivity contribution in [3.8, 4) is 0 Å². The van der Waals surface area contributed by atoms with E-state index in [1.54, 1.807) is 11.3 Å². The molecule has 2 aromatic heterocycles. The van der Waals surface area contributed by atoms with Gasteiger partial charge in [0.1, 0.15) is 11.6 Å². The van der Waals surface area contributed by atoms with Gasteiger partial charge in [-0.25, -0.2) is 9.97 Å². The van der Waals surface area contributed by atoms with Crippen LogP contribution >= 0.6 is 11.3 Å². The van der Waals surface area contributed by atoms with Gasteiger partial charge in [-0.05, 0) is 37.3 Å². The van der Waals surface area contributed by atoms with E-state index < -0.39 is 0 Å². The van der Waals surface area contributed by atoms with E-state index in [1.807, 2.05) is 13.0 Å². The van der Waals surface area contributed by atoms with Crippen molar-refractivity contribution in [3.05, 3.63) is 39.5 Å². The van der Waals surface area contributed by atoms with Gasteiger partial charge in [0.2, 0.25) is 0 Å². The monoisotopic (exact) mass is 247 g/mol. The Kier molecular flexibility index (Phi) is 3.74. The van der Waals surface area contributed by atoms with Gasteiger partial charge in [-0.1, -0.05) is 6.92 Å². The second kappa shape index (κ2) is 5.27. The molecule has 0 aliphatic heterocycles. The van der Waals surface area contributed by atoms with Crippen LogP contribution in [0.4, 0.5) is 5.82 Å². The quantitative estimate of drug-likeness (QED) is 0.900. The fraction of sp³-hybridized carbons (Fsp3) is 0.385. The minimum Gasteiger partial charge on any atom is -0.365 e. The molecule has 2 rings (SSSR count). The number of anilines is 1. The van der Waals surface area contributed by atoms with Gasteiger partial charge >= 0.3 is 0 Å². The lowest BCUT2D eigenvalue weighted by Gasteiger charge is -2.07. The summed E-state index contributed by atoms with van der Waals surface area (Å²) in [4.78, 5) is 10.1. The molecule has 0 aliphatic carbocycles. The highest BCUT2D eigenvalue weighted by molar-refractivity contribution is 7.10. The maximum atomic E-state index is 4.39. The molecule has 0 spiro atoms. The highest BCUT2D eigenvalue weighted by Gasteiger charge is 2.02. The normalized spacial score (nSPS) is 10.5. The van der Waals surface area contributed by atoms with Gasteiger partial charge in [0.15, 0.2) is 0 Å². The Bertz CT molecular complexity index is 505. The van der Waals surface area contributed by atoms with E-state index >= 15 is 0 Å². The molecule has 0 fully saturated rings. The first-order chi connectivity index (χ1) is 8.19. The zero-order valence-corrected chi connectivity index (χ0v) is 11.3. The lowest BCUT2D eigenvalue weighted by atomic mass is 10.3. The van der Waals surface area contributed by atoms with Crippen LogP contribution in [-0.2, 0) is 13.0 Å². The summed E-state index contributed by atoms with van der Waals surface area (Å²) >= 11 is 1.78. The number of nitrogens with zero attached hydrogens (tertiary/aromatic N) is 2. The van der Waals surface area contributed by atoms with Crippen molar-refractivity contribution in [3.63, 3.8) is 0 Å². The topological polar surface area (TPSA) is 37.8 Å². The van der Waals surface area contributed by atoms with Gasteiger partial charge in [0, 0.05) is 16.6 Å². The Morgan fingerprint density at radius 3 is 2.76 bits per heavy atom.